The summed E-state index contributed by atoms with van der Waals surface area (Å²) in [6.45, 7) is 4.45. The van der Waals surface area contributed by atoms with Gasteiger partial charge in [0.1, 0.15) is 0 Å². The van der Waals surface area contributed by atoms with Crippen LogP contribution < -0.4 is 10.6 Å². The molecule has 1 heterocycles. The number of nitrogens with one attached hydrogen (secondary N) is 2. The highest BCUT2D eigenvalue weighted by Gasteiger charge is 2.11. The van der Waals surface area contributed by atoms with Gasteiger partial charge in [-0.25, -0.2) is 0 Å². The molecule has 1 saturated heterocycles. The van der Waals surface area contributed by atoms with Crippen LogP contribution in [0.3, 0.4) is 0 Å². The fourth-order valence-corrected chi connectivity index (χ4v) is 2.34. The Hall–Kier alpha value is -0.900. The van der Waals surface area contributed by atoms with Crippen LogP contribution in [0.1, 0.15) is 24.0 Å². The van der Waals surface area contributed by atoms with Crippen molar-refractivity contribution in [1.29, 1.82) is 0 Å². The van der Waals surface area contributed by atoms with Crippen molar-refractivity contribution < 1.29 is 5.11 Å². The van der Waals surface area contributed by atoms with Crippen LogP contribution in [0, 0.1) is 5.92 Å². The van der Waals surface area contributed by atoms with Crippen LogP contribution in [0.2, 0.25) is 0 Å². The third kappa shape index (κ3) is 4.11. The normalized spacial score (nSPS) is 17.2. The Kier molecular flexibility index (Phi) is 4.98. The van der Waals surface area contributed by atoms with Crippen molar-refractivity contribution in [3.05, 3.63) is 35.4 Å². The first-order chi connectivity index (χ1) is 8.38. The average Bonchev–Trinajstić information content (AvgIpc) is 2.40. The number of benzene rings is 1. The maximum atomic E-state index is 9.06. The molecule has 2 rings (SSSR count). The minimum atomic E-state index is 0.127. The molecule has 0 saturated carbocycles. The van der Waals surface area contributed by atoms with Crippen LogP contribution in [0.5, 0.6) is 0 Å². The average molecular weight is 234 g/mol. The Morgan fingerprint density at radius 1 is 1.24 bits per heavy atom. The molecule has 1 aliphatic rings. The summed E-state index contributed by atoms with van der Waals surface area (Å²) in [5.74, 6) is 0.817. The summed E-state index contributed by atoms with van der Waals surface area (Å²) in [7, 11) is 0. The van der Waals surface area contributed by atoms with Crippen LogP contribution in [0.25, 0.3) is 0 Å². The molecule has 1 aliphatic heterocycles. The van der Waals surface area contributed by atoms with Crippen molar-refractivity contribution in [3.8, 4) is 0 Å². The fraction of sp³-hybridized carbons (Fsp3) is 0.571. The number of hydrogen-bond acceptors (Lipinski definition) is 3. The van der Waals surface area contributed by atoms with Gasteiger partial charge in [-0.1, -0.05) is 24.3 Å². The second-order valence-electron chi connectivity index (χ2n) is 4.80. The van der Waals surface area contributed by atoms with Gasteiger partial charge in [-0.3, -0.25) is 0 Å². The number of piperidine rings is 1. The highest BCUT2D eigenvalue weighted by atomic mass is 16.3. The molecule has 0 aliphatic carbocycles. The highest BCUT2D eigenvalue weighted by Crippen LogP contribution is 2.10. The first-order valence-corrected chi connectivity index (χ1v) is 6.48. The minimum absolute atomic E-state index is 0.127. The van der Waals surface area contributed by atoms with Crippen LogP contribution in [0.15, 0.2) is 24.3 Å². The molecule has 0 unspecified atom stereocenters. The van der Waals surface area contributed by atoms with E-state index in [1.165, 1.54) is 18.4 Å². The molecule has 0 spiro atoms. The Labute approximate surface area is 103 Å². The van der Waals surface area contributed by atoms with Gasteiger partial charge in [-0.05, 0) is 49.5 Å². The molecule has 0 bridgehead atoms. The summed E-state index contributed by atoms with van der Waals surface area (Å²) >= 11 is 0. The molecule has 0 radical (unpaired) electrons. The zero-order valence-corrected chi connectivity index (χ0v) is 10.3. The zero-order valence-electron chi connectivity index (χ0n) is 10.3. The van der Waals surface area contributed by atoms with Crippen molar-refractivity contribution >= 4 is 0 Å². The molecule has 1 aromatic carbocycles. The van der Waals surface area contributed by atoms with Crippen molar-refractivity contribution in [2.45, 2.75) is 26.0 Å². The molecule has 3 N–H and O–H groups in total. The van der Waals surface area contributed by atoms with Crippen LogP contribution in [0.4, 0.5) is 0 Å². The van der Waals surface area contributed by atoms with Gasteiger partial charge >= 0.3 is 0 Å². The summed E-state index contributed by atoms with van der Waals surface area (Å²) < 4.78 is 0. The largest absolute Gasteiger partial charge is 0.392 e. The van der Waals surface area contributed by atoms with Crippen molar-refractivity contribution in [2.24, 2.45) is 5.92 Å². The predicted molar refractivity (Wildman–Crippen MR) is 69.7 cm³/mol. The van der Waals surface area contributed by atoms with E-state index < -0.39 is 0 Å². The lowest BCUT2D eigenvalue weighted by Crippen LogP contribution is -2.33. The van der Waals surface area contributed by atoms with E-state index in [1.807, 2.05) is 12.1 Å². The number of hydrogen-bond donors (Lipinski definition) is 3. The van der Waals surface area contributed by atoms with Gasteiger partial charge in [0.15, 0.2) is 0 Å². The number of aliphatic hydroxyl groups is 1. The van der Waals surface area contributed by atoms with Gasteiger partial charge < -0.3 is 15.7 Å². The number of rotatable bonds is 5. The third-order valence-electron chi connectivity index (χ3n) is 3.39. The van der Waals surface area contributed by atoms with E-state index in [-0.39, 0.29) is 6.61 Å². The Morgan fingerprint density at radius 2 is 2.00 bits per heavy atom. The monoisotopic (exact) mass is 234 g/mol. The molecule has 0 atom stereocenters. The van der Waals surface area contributed by atoms with E-state index in [2.05, 4.69) is 22.8 Å². The zero-order chi connectivity index (χ0) is 11.9. The molecule has 3 nitrogen and oxygen atoms in total. The van der Waals surface area contributed by atoms with Crippen molar-refractivity contribution in [3.63, 3.8) is 0 Å². The summed E-state index contributed by atoms with van der Waals surface area (Å²) in [4.78, 5) is 0. The predicted octanol–water partition coefficient (Wildman–Crippen LogP) is 1.27. The highest BCUT2D eigenvalue weighted by molar-refractivity contribution is 5.22. The second-order valence-corrected chi connectivity index (χ2v) is 4.80. The molecule has 3 heteroatoms. The SMILES string of the molecule is OCc1cccc(CNCC2CCNCC2)c1. The van der Waals surface area contributed by atoms with Crippen LogP contribution >= 0.6 is 0 Å². The topological polar surface area (TPSA) is 44.3 Å². The van der Waals surface area contributed by atoms with Gasteiger partial charge in [0.25, 0.3) is 0 Å². The number of aliphatic hydroxyl groups excluding tert-OH is 1. The van der Waals surface area contributed by atoms with Gasteiger partial charge in [-0.2, -0.15) is 0 Å². The van der Waals surface area contributed by atoms with E-state index in [0.29, 0.717) is 0 Å². The summed E-state index contributed by atoms with van der Waals surface area (Å²) in [5.41, 5.74) is 2.25. The van der Waals surface area contributed by atoms with Gasteiger partial charge in [-0.15, -0.1) is 0 Å². The first kappa shape index (κ1) is 12.6. The van der Waals surface area contributed by atoms with Crippen molar-refractivity contribution in [2.75, 3.05) is 19.6 Å². The second kappa shape index (κ2) is 6.74. The summed E-state index contributed by atoms with van der Waals surface area (Å²) in [6.07, 6.45) is 2.56. The molecule has 94 valence electrons. The molecule has 17 heavy (non-hydrogen) atoms. The lowest BCUT2D eigenvalue weighted by atomic mass is 9.98. The van der Waals surface area contributed by atoms with Crippen LogP contribution in [-0.4, -0.2) is 24.7 Å². The lowest BCUT2D eigenvalue weighted by molar-refractivity contribution is 0.281. The first-order valence-electron chi connectivity index (χ1n) is 6.48. The Bertz CT molecular complexity index is 335. The van der Waals surface area contributed by atoms with Gasteiger partial charge in [0.05, 0.1) is 6.61 Å². The van der Waals surface area contributed by atoms with E-state index in [9.17, 15) is 0 Å². The van der Waals surface area contributed by atoms with Gasteiger partial charge in [0.2, 0.25) is 0 Å². The lowest BCUT2D eigenvalue weighted by Gasteiger charge is -2.22. The smallest absolute Gasteiger partial charge is 0.0681 e. The Morgan fingerprint density at radius 3 is 2.76 bits per heavy atom. The molecule has 1 fully saturated rings. The maximum Gasteiger partial charge on any atom is 0.0681 e. The standard InChI is InChI=1S/C14H22N2O/c17-11-14-3-1-2-13(8-14)10-16-9-12-4-6-15-7-5-12/h1-3,8,12,15-17H,4-7,9-11H2. The van der Waals surface area contributed by atoms with Gasteiger partial charge in [0, 0.05) is 6.54 Å². The van der Waals surface area contributed by atoms with E-state index in [4.69, 9.17) is 5.11 Å². The maximum absolute atomic E-state index is 9.06. The minimum Gasteiger partial charge on any atom is -0.392 e. The molecule has 0 amide bonds. The molecule has 0 aromatic heterocycles. The quantitative estimate of drug-likeness (QED) is 0.719. The van der Waals surface area contributed by atoms with E-state index in [0.717, 1.165) is 37.7 Å². The fourth-order valence-electron chi connectivity index (χ4n) is 2.34. The summed E-state index contributed by atoms with van der Waals surface area (Å²) in [6, 6.07) is 8.13. The van der Waals surface area contributed by atoms with E-state index >= 15 is 0 Å². The molecule has 1 aromatic rings. The van der Waals surface area contributed by atoms with Crippen molar-refractivity contribution in [1.82, 2.24) is 10.6 Å². The molecular formula is C14H22N2O. The Balaban J connectivity index is 1.73. The third-order valence-corrected chi connectivity index (χ3v) is 3.39. The molecular weight excluding hydrogens is 212 g/mol. The van der Waals surface area contributed by atoms with Crippen LogP contribution in [-0.2, 0) is 13.2 Å². The summed E-state index contributed by atoms with van der Waals surface area (Å²) in [5, 5.41) is 16.0. The van der Waals surface area contributed by atoms with E-state index in [1.54, 1.807) is 0 Å².